The van der Waals surface area contributed by atoms with Gasteiger partial charge in [0.1, 0.15) is 11.5 Å². The van der Waals surface area contributed by atoms with Crippen LogP contribution in [-0.4, -0.2) is 50.6 Å². The first-order valence-electron chi connectivity index (χ1n) is 10.6. The number of hydrogen-bond acceptors (Lipinski definition) is 6. The van der Waals surface area contributed by atoms with Gasteiger partial charge in [-0.15, -0.1) is 0 Å². The smallest absolute Gasteiger partial charge is 0.412 e. The van der Waals surface area contributed by atoms with Gasteiger partial charge >= 0.3 is 12.1 Å². The number of nitrogens with zero attached hydrogens (tertiary/aromatic N) is 4. The Hall–Kier alpha value is -3.84. The fourth-order valence-electron chi connectivity index (χ4n) is 4.00. The van der Waals surface area contributed by atoms with Crippen LogP contribution in [0.15, 0.2) is 35.3 Å². The number of anilines is 2. The van der Waals surface area contributed by atoms with Crippen molar-refractivity contribution < 1.29 is 36.2 Å². The Balaban J connectivity index is 1.86. The Morgan fingerprint density at radius 1 is 1.17 bits per heavy atom. The number of aryl methyl sites for hydroxylation is 1. The van der Waals surface area contributed by atoms with E-state index in [4.69, 9.17) is 0 Å². The average Bonchev–Trinajstić information content (AvgIpc) is 2.77. The molecule has 1 atom stereocenters. The molecule has 8 nitrogen and oxygen atoms in total. The molecule has 2 N–H and O–H groups in total. The third-order valence-electron chi connectivity index (χ3n) is 5.73. The van der Waals surface area contributed by atoms with Crippen LogP contribution >= 0.6 is 0 Å². The van der Waals surface area contributed by atoms with Crippen LogP contribution in [0, 0.1) is 12.9 Å². The van der Waals surface area contributed by atoms with E-state index < -0.39 is 71.1 Å². The normalized spacial score (nSPS) is 16.7. The third kappa shape index (κ3) is 5.06. The number of hydrogen-bond donors (Lipinski definition) is 2. The van der Waals surface area contributed by atoms with Crippen LogP contribution in [0.1, 0.15) is 40.5 Å². The molecule has 192 valence electrons. The maximum atomic E-state index is 14.3. The lowest BCUT2D eigenvalue weighted by Crippen LogP contribution is -2.40. The maximum absolute atomic E-state index is 14.3. The zero-order chi connectivity index (χ0) is 26.4. The summed E-state index contributed by atoms with van der Waals surface area (Å²) in [5, 5.41) is 11.3. The quantitative estimate of drug-likeness (QED) is 0.389. The van der Waals surface area contributed by atoms with E-state index >= 15 is 0 Å². The summed E-state index contributed by atoms with van der Waals surface area (Å²) in [5.74, 6) is -5.91. The van der Waals surface area contributed by atoms with Gasteiger partial charge in [0.25, 0.3) is 11.5 Å². The van der Waals surface area contributed by atoms with Gasteiger partial charge in [-0.3, -0.25) is 9.20 Å². The summed E-state index contributed by atoms with van der Waals surface area (Å²) in [7, 11) is 0. The summed E-state index contributed by atoms with van der Waals surface area (Å²) in [6, 6.07) is 1.11. The molecular weight excluding hydrogens is 496 g/mol. The van der Waals surface area contributed by atoms with E-state index in [1.807, 2.05) is 0 Å². The van der Waals surface area contributed by atoms with Crippen molar-refractivity contribution >= 4 is 23.1 Å². The minimum absolute atomic E-state index is 0.0591. The van der Waals surface area contributed by atoms with Crippen LogP contribution in [-0.2, 0) is 0 Å². The highest BCUT2D eigenvalue weighted by Gasteiger charge is 2.43. The Bertz CT molecular complexity index is 1380. The number of pyridine rings is 2. The first kappa shape index (κ1) is 25.3. The van der Waals surface area contributed by atoms with Crippen molar-refractivity contribution in [2.75, 3.05) is 23.3 Å². The topological polar surface area (TPSA) is 99.8 Å². The van der Waals surface area contributed by atoms with Crippen LogP contribution in [0.5, 0.6) is 0 Å². The van der Waals surface area contributed by atoms with E-state index in [2.05, 4.69) is 15.3 Å². The molecule has 4 rings (SSSR count). The molecule has 3 aromatic rings. The van der Waals surface area contributed by atoms with Crippen molar-refractivity contribution in [1.29, 1.82) is 0 Å². The monoisotopic (exact) mass is 515 g/mol. The molecule has 1 aliphatic rings. The molecule has 0 amide bonds. The standard InChI is InChI=1S/C22H19F6N5O3/c1-11-8-12(18(22(26,27)28)29-13-2-3-14(23)30-17(13)20(35)36)19-31-15(9-16(34)33(19)10-11)32-6-4-21(24,25)5-7-32/h2-3,8-10,18,29H,4-7H2,1H3,(H,35,36). The molecule has 3 aromatic heterocycles. The number of carboxylic acids is 1. The third-order valence-corrected chi connectivity index (χ3v) is 5.73. The minimum atomic E-state index is -5.03. The highest BCUT2D eigenvalue weighted by molar-refractivity contribution is 5.92. The van der Waals surface area contributed by atoms with E-state index in [9.17, 15) is 41.0 Å². The summed E-state index contributed by atoms with van der Waals surface area (Å²) in [6.45, 7) is 1.15. The van der Waals surface area contributed by atoms with E-state index in [0.29, 0.717) is 6.07 Å². The lowest BCUT2D eigenvalue weighted by molar-refractivity contribution is -0.143. The second kappa shape index (κ2) is 8.99. The lowest BCUT2D eigenvalue weighted by Gasteiger charge is -2.32. The number of nitrogens with one attached hydrogen (secondary N) is 1. The molecule has 1 fully saturated rings. The van der Waals surface area contributed by atoms with E-state index in [1.165, 1.54) is 18.0 Å². The highest BCUT2D eigenvalue weighted by Crippen LogP contribution is 2.38. The number of fused-ring (bicyclic) bond motifs is 1. The zero-order valence-corrected chi connectivity index (χ0v) is 18.6. The van der Waals surface area contributed by atoms with Crippen molar-refractivity contribution in [3.8, 4) is 0 Å². The molecule has 0 bridgehead atoms. The number of halogens is 6. The van der Waals surface area contributed by atoms with Crippen LogP contribution in [0.3, 0.4) is 0 Å². The van der Waals surface area contributed by atoms with Gasteiger partial charge in [0.2, 0.25) is 5.95 Å². The Morgan fingerprint density at radius 2 is 1.83 bits per heavy atom. The Labute approximate surface area is 199 Å². The van der Waals surface area contributed by atoms with Crippen LogP contribution in [0.25, 0.3) is 5.65 Å². The molecular formula is C22H19F6N5O3. The van der Waals surface area contributed by atoms with E-state index in [-0.39, 0.29) is 24.5 Å². The summed E-state index contributed by atoms with van der Waals surface area (Å²) in [6.07, 6.45) is -4.76. The summed E-state index contributed by atoms with van der Waals surface area (Å²) in [5.41, 5.74) is -2.97. The molecule has 0 aromatic carbocycles. The fourth-order valence-corrected chi connectivity index (χ4v) is 4.00. The molecule has 1 aliphatic heterocycles. The van der Waals surface area contributed by atoms with Gasteiger partial charge in [-0.1, -0.05) is 0 Å². The zero-order valence-electron chi connectivity index (χ0n) is 18.6. The predicted molar refractivity (Wildman–Crippen MR) is 116 cm³/mol. The second-order valence-corrected chi connectivity index (χ2v) is 8.42. The van der Waals surface area contributed by atoms with Crippen LogP contribution < -0.4 is 15.8 Å². The number of aromatic nitrogens is 3. The van der Waals surface area contributed by atoms with Crippen molar-refractivity contribution in [2.24, 2.45) is 0 Å². The molecule has 36 heavy (non-hydrogen) atoms. The first-order valence-corrected chi connectivity index (χ1v) is 10.6. The van der Waals surface area contributed by atoms with Gasteiger partial charge in [0, 0.05) is 43.8 Å². The number of alkyl halides is 5. The first-order chi connectivity index (χ1) is 16.7. The van der Waals surface area contributed by atoms with Gasteiger partial charge in [-0.25, -0.2) is 23.5 Å². The van der Waals surface area contributed by atoms with Gasteiger partial charge in [0.05, 0.1) is 5.69 Å². The number of carbonyl (C=O) groups is 1. The van der Waals surface area contributed by atoms with Gasteiger partial charge in [0.15, 0.2) is 11.7 Å². The number of carboxylic acid groups (broad SMARTS) is 1. The number of piperidine rings is 1. The van der Waals surface area contributed by atoms with Crippen molar-refractivity contribution in [1.82, 2.24) is 14.4 Å². The van der Waals surface area contributed by atoms with Crippen molar-refractivity contribution in [2.45, 2.75) is 37.9 Å². The maximum Gasteiger partial charge on any atom is 0.412 e. The molecule has 0 spiro atoms. The van der Waals surface area contributed by atoms with E-state index in [0.717, 1.165) is 22.6 Å². The minimum Gasteiger partial charge on any atom is -0.476 e. The molecule has 1 unspecified atom stereocenters. The second-order valence-electron chi connectivity index (χ2n) is 8.42. The fraction of sp³-hybridized carbons (Fsp3) is 0.364. The van der Waals surface area contributed by atoms with Gasteiger partial charge in [-0.2, -0.15) is 17.6 Å². The summed E-state index contributed by atoms with van der Waals surface area (Å²) in [4.78, 5) is 33.0. The van der Waals surface area contributed by atoms with Crippen molar-refractivity contribution in [3.05, 3.63) is 63.6 Å². The molecule has 0 saturated carbocycles. The van der Waals surface area contributed by atoms with Gasteiger partial charge in [-0.05, 0) is 30.7 Å². The Kier molecular flexibility index (Phi) is 6.31. The van der Waals surface area contributed by atoms with Crippen molar-refractivity contribution in [3.63, 3.8) is 0 Å². The van der Waals surface area contributed by atoms with Gasteiger partial charge < -0.3 is 15.3 Å². The molecule has 1 saturated heterocycles. The van der Waals surface area contributed by atoms with Crippen LogP contribution in [0.2, 0.25) is 0 Å². The molecule has 4 heterocycles. The SMILES string of the molecule is Cc1cc(C(Nc2ccc(F)nc2C(=O)O)C(F)(F)F)c2nc(N3CCC(F)(F)CC3)cc(=O)n2c1. The molecule has 0 aliphatic carbocycles. The summed E-state index contributed by atoms with van der Waals surface area (Å²) >= 11 is 0. The summed E-state index contributed by atoms with van der Waals surface area (Å²) < 4.78 is 84.4. The Morgan fingerprint density at radius 3 is 2.44 bits per heavy atom. The average molecular weight is 515 g/mol. The predicted octanol–water partition coefficient (Wildman–Crippen LogP) is 4.19. The largest absolute Gasteiger partial charge is 0.476 e. The number of aromatic carboxylic acids is 1. The molecule has 0 radical (unpaired) electrons. The highest BCUT2D eigenvalue weighted by atomic mass is 19.4. The number of rotatable bonds is 5. The lowest BCUT2D eigenvalue weighted by atomic mass is 10.0. The van der Waals surface area contributed by atoms with Crippen LogP contribution in [0.4, 0.5) is 37.8 Å². The van der Waals surface area contributed by atoms with E-state index in [1.54, 1.807) is 0 Å². The molecule has 14 heteroatoms.